The van der Waals surface area contributed by atoms with Gasteiger partial charge in [0.15, 0.2) is 0 Å². The van der Waals surface area contributed by atoms with Crippen molar-refractivity contribution in [1.29, 1.82) is 0 Å². The van der Waals surface area contributed by atoms with E-state index in [1.54, 1.807) is 21.0 Å². The van der Waals surface area contributed by atoms with E-state index in [4.69, 9.17) is 0 Å². The third-order valence-electron chi connectivity index (χ3n) is 1.23. The Morgan fingerprint density at radius 3 is 2.00 bits per heavy atom. The van der Waals surface area contributed by atoms with Crippen LogP contribution in [0.2, 0.25) is 0 Å². The van der Waals surface area contributed by atoms with Crippen LogP contribution in [0.1, 0.15) is 13.8 Å². The molecule has 0 radical (unpaired) electrons. The molecule has 0 bridgehead atoms. The number of hydrogen-bond acceptors (Lipinski definition) is 2. The Morgan fingerprint density at radius 2 is 1.75 bits per heavy atom. The van der Waals surface area contributed by atoms with Gasteiger partial charge in [0, 0.05) is 21.0 Å². The minimum Gasteiger partial charge on any atom is -0.347 e. The molecule has 0 aliphatic carbocycles. The van der Waals surface area contributed by atoms with Gasteiger partial charge in [-0.1, -0.05) is 0 Å². The fraction of sp³-hybridized carbons (Fsp3) is 0.714. The summed E-state index contributed by atoms with van der Waals surface area (Å²) in [6.07, 6.45) is 0. The van der Waals surface area contributed by atoms with E-state index in [0.717, 1.165) is 0 Å². The zero-order valence-electron chi connectivity index (χ0n) is 7.75. The van der Waals surface area contributed by atoms with E-state index in [1.807, 2.05) is 0 Å². The average Bonchev–Trinajstić information content (AvgIpc) is 1.84. The van der Waals surface area contributed by atoms with Gasteiger partial charge in [-0.2, -0.15) is 0 Å². The maximum absolute atomic E-state index is 11.1. The van der Waals surface area contributed by atoms with Gasteiger partial charge >= 0.3 is 0 Å². The quantitative estimate of drug-likeness (QED) is 0.674. The molecule has 5 heteroatoms. The molecule has 0 heterocycles. The Kier molecular flexibility index (Phi) is 6.70. The Labute approximate surface area is 78.7 Å². The van der Waals surface area contributed by atoms with Gasteiger partial charge in [0.25, 0.3) is 0 Å². The minimum absolute atomic E-state index is 0. The van der Waals surface area contributed by atoms with Crippen LogP contribution < -0.4 is 5.32 Å². The normalized spacial score (nSPS) is 11.0. The molecule has 0 aromatic heterocycles. The number of carbonyl (C=O) groups is 2. The molecule has 72 valence electrons. The molecule has 4 nitrogen and oxygen atoms in total. The molecule has 0 rings (SSSR count). The number of likely N-dealkylation sites (N-methyl/N-ethyl adjacent to an activating group) is 1. The molecule has 0 unspecified atom stereocenters. The fourth-order valence-corrected chi connectivity index (χ4v) is 0.754. The molecule has 12 heavy (non-hydrogen) atoms. The van der Waals surface area contributed by atoms with E-state index in [1.165, 1.54) is 11.8 Å². The van der Waals surface area contributed by atoms with Crippen molar-refractivity contribution in [1.82, 2.24) is 10.2 Å². The summed E-state index contributed by atoms with van der Waals surface area (Å²) in [6.45, 7) is 3.04. The van der Waals surface area contributed by atoms with Gasteiger partial charge in [-0.25, -0.2) is 0 Å². The summed E-state index contributed by atoms with van der Waals surface area (Å²) in [5.74, 6) is -0.284. The van der Waals surface area contributed by atoms with Gasteiger partial charge in [0.1, 0.15) is 6.04 Å². The van der Waals surface area contributed by atoms with Crippen LogP contribution in [0.4, 0.5) is 0 Å². The smallest absolute Gasteiger partial charge is 0.244 e. The molecule has 0 aliphatic heterocycles. The summed E-state index contributed by atoms with van der Waals surface area (Å²) in [6, 6.07) is -0.428. The van der Waals surface area contributed by atoms with Crippen molar-refractivity contribution in [2.75, 3.05) is 14.1 Å². The lowest BCUT2D eigenvalue weighted by Gasteiger charge is -2.16. The van der Waals surface area contributed by atoms with Crippen LogP contribution in [0.25, 0.3) is 0 Å². The molecule has 0 saturated heterocycles. The molecular weight excluding hydrogens is 180 g/mol. The summed E-state index contributed by atoms with van der Waals surface area (Å²) in [4.78, 5) is 23.0. The molecule has 0 aromatic carbocycles. The lowest BCUT2D eigenvalue weighted by atomic mass is 10.3. The molecule has 0 aliphatic rings. The molecule has 0 spiro atoms. The van der Waals surface area contributed by atoms with E-state index < -0.39 is 6.04 Å². The lowest BCUT2D eigenvalue weighted by molar-refractivity contribution is -0.133. The molecule has 0 aromatic rings. The second-order valence-corrected chi connectivity index (χ2v) is 2.65. The maximum atomic E-state index is 11.1. The first-order valence-corrected chi connectivity index (χ1v) is 3.43. The maximum Gasteiger partial charge on any atom is 0.244 e. The Bertz CT molecular complexity index is 171. The highest BCUT2D eigenvalue weighted by Crippen LogP contribution is 1.87. The van der Waals surface area contributed by atoms with E-state index in [-0.39, 0.29) is 24.2 Å². The van der Waals surface area contributed by atoms with Gasteiger partial charge in [0.05, 0.1) is 0 Å². The van der Waals surface area contributed by atoms with Crippen LogP contribution in [-0.2, 0) is 9.59 Å². The zero-order valence-corrected chi connectivity index (χ0v) is 8.57. The highest BCUT2D eigenvalue weighted by molar-refractivity contribution is 5.86. The first-order valence-electron chi connectivity index (χ1n) is 3.43. The number of halogens is 1. The van der Waals surface area contributed by atoms with Gasteiger partial charge in [-0.3, -0.25) is 9.59 Å². The van der Waals surface area contributed by atoms with Gasteiger partial charge in [0.2, 0.25) is 11.8 Å². The Morgan fingerprint density at radius 1 is 1.33 bits per heavy atom. The van der Waals surface area contributed by atoms with Crippen LogP contribution in [-0.4, -0.2) is 36.9 Å². The van der Waals surface area contributed by atoms with Crippen molar-refractivity contribution in [3.8, 4) is 0 Å². The number of hydrogen-bond donors (Lipinski definition) is 1. The average molecular weight is 195 g/mol. The fourth-order valence-electron chi connectivity index (χ4n) is 0.754. The minimum atomic E-state index is -0.428. The predicted octanol–water partition coefficient (Wildman–Crippen LogP) is 0.0210. The predicted molar refractivity (Wildman–Crippen MR) is 49.2 cm³/mol. The van der Waals surface area contributed by atoms with E-state index in [2.05, 4.69) is 5.32 Å². The molecule has 0 fully saturated rings. The van der Waals surface area contributed by atoms with Crippen LogP contribution in [0, 0.1) is 0 Å². The van der Waals surface area contributed by atoms with Gasteiger partial charge in [-0.15, -0.1) is 12.4 Å². The SMILES string of the molecule is CC(=O)N[C@H](C)C(=O)N(C)C.Cl. The number of carbonyl (C=O) groups excluding carboxylic acids is 2. The number of nitrogens with zero attached hydrogens (tertiary/aromatic N) is 1. The van der Waals surface area contributed by atoms with E-state index in [0.29, 0.717) is 0 Å². The third-order valence-corrected chi connectivity index (χ3v) is 1.23. The zero-order chi connectivity index (χ0) is 9.02. The van der Waals surface area contributed by atoms with Crippen molar-refractivity contribution in [3.05, 3.63) is 0 Å². The van der Waals surface area contributed by atoms with Gasteiger partial charge < -0.3 is 10.2 Å². The van der Waals surface area contributed by atoms with E-state index >= 15 is 0 Å². The Hall–Kier alpha value is -0.770. The molecule has 0 saturated carbocycles. The van der Waals surface area contributed by atoms with E-state index in [9.17, 15) is 9.59 Å². The summed E-state index contributed by atoms with van der Waals surface area (Å²) in [7, 11) is 3.31. The summed E-state index contributed by atoms with van der Waals surface area (Å²) in [5.41, 5.74) is 0. The number of nitrogens with one attached hydrogen (secondary N) is 1. The highest BCUT2D eigenvalue weighted by Gasteiger charge is 2.14. The number of amides is 2. The van der Waals surface area contributed by atoms with Crippen LogP contribution >= 0.6 is 12.4 Å². The molecule has 1 N–H and O–H groups in total. The second kappa shape index (κ2) is 5.83. The van der Waals surface area contributed by atoms with Crippen molar-refractivity contribution in [3.63, 3.8) is 0 Å². The Balaban J connectivity index is 0. The van der Waals surface area contributed by atoms with Crippen LogP contribution in [0.15, 0.2) is 0 Å². The van der Waals surface area contributed by atoms with Crippen LogP contribution in [0.5, 0.6) is 0 Å². The van der Waals surface area contributed by atoms with Crippen LogP contribution in [0.3, 0.4) is 0 Å². The van der Waals surface area contributed by atoms with Gasteiger partial charge in [-0.05, 0) is 6.92 Å². The first-order chi connectivity index (χ1) is 4.95. The standard InChI is InChI=1S/C7H14N2O2.ClH/c1-5(8-6(2)10)7(11)9(3)4;/h5H,1-4H3,(H,8,10);1H/t5-;/m1./s1. The summed E-state index contributed by atoms with van der Waals surface area (Å²) in [5, 5.41) is 2.49. The monoisotopic (exact) mass is 194 g/mol. The van der Waals surface area contributed by atoms with Crippen molar-refractivity contribution < 1.29 is 9.59 Å². The van der Waals surface area contributed by atoms with Crippen molar-refractivity contribution >= 4 is 24.2 Å². The second-order valence-electron chi connectivity index (χ2n) is 2.65. The number of rotatable bonds is 2. The van der Waals surface area contributed by atoms with Crippen molar-refractivity contribution in [2.24, 2.45) is 0 Å². The summed E-state index contributed by atoms with van der Waals surface area (Å²) >= 11 is 0. The largest absolute Gasteiger partial charge is 0.347 e. The topological polar surface area (TPSA) is 49.4 Å². The molecular formula is C7H15ClN2O2. The van der Waals surface area contributed by atoms with Crippen molar-refractivity contribution in [2.45, 2.75) is 19.9 Å². The first kappa shape index (κ1) is 13.8. The lowest BCUT2D eigenvalue weighted by Crippen LogP contribution is -2.43. The molecule has 2 amide bonds. The third kappa shape index (κ3) is 4.96. The highest BCUT2D eigenvalue weighted by atomic mass is 35.5. The molecule has 1 atom stereocenters. The summed E-state index contributed by atoms with van der Waals surface area (Å²) < 4.78 is 0.